The third kappa shape index (κ3) is 46.3. The fraction of sp³-hybridized carbons (Fsp3) is 0.827. The summed E-state index contributed by atoms with van der Waals surface area (Å²) in [6, 6.07) is 0. The molecule has 0 aromatic carbocycles. The molecule has 0 aliphatic rings. The highest BCUT2D eigenvalue weighted by molar-refractivity contribution is 5.80. The maximum atomic E-state index is 12.8. The number of carbonyl (C=O) groups is 3. The quantitative estimate of drug-likeness (QED) is 0.0363. The molecule has 0 bridgehead atoms. The molecule has 0 heterocycles. The van der Waals surface area contributed by atoms with E-state index in [1.54, 1.807) is 0 Å². The summed E-state index contributed by atoms with van der Waals surface area (Å²) in [5.41, 5.74) is 0. The van der Waals surface area contributed by atoms with Crippen LogP contribution >= 0.6 is 0 Å². The molecule has 0 aliphatic carbocycles. The largest absolute Gasteiger partial charge is 0.480 e. The molecule has 0 saturated carbocycles. The lowest BCUT2D eigenvalue weighted by Gasteiger charge is -2.18. The van der Waals surface area contributed by atoms with Gasteiger partial charge in [-0.2, -0.15) is 0 Å². The minimum absolute atomic E-state index is 0.00217. The van der Waals surface area contributed by atoms with Crippen molar-refractivity contribution < 1.29 is 24.2 Å². The topological polar surface area (TPSA) is 92.7 Å². The number of allylic oxidation sites excluding steroid dienone is 6. The van der Waals surface area contributed by atoms with Crippen LogP contribution in [0.3, 0.4) is 0 Å². The number of amides is 1. The van der Waals surface area contributed by atoms with Crippen LogP contribution in [-0.4, -0.2) is 35.6 Å². The minimum Gasteiger partial charge on any atom is -0.480 e. The Morgan fingerprint density at radius 3 is 1.22 bits per heavy atom. The first-order valence-corrected chi connectivity index (χ1v) is 25.1. The summed E-state index contributed by atoms with van der Waals surface area (Å²) in [6.45, 7) is 4.23. The highest BCUT2D eigenvalue weighted by Crippen LogP contribution is 2.19. The lowest BCUT2D eigenvalue weighted by Crippen LogP contribution is -2.28. The van der Waals surface area contributed by atoms with Crippen LogP contribution in [0.5, 0.6) is 0 Å². The lowest BCUT2D eigenvalue weighted by molar-refractivity contribution is -0.150. The van der Waals surface area contributed by atoms with Crippen LogP contribution in [0.15, 0.2) is 36.5 Å². The maximum Gasteiger partial charge on any atom is 0.322 e. The van der Waals surface area contributed by atoms with Crippen molar-refractivity contribution >= 4 is 17.8 Å². The number of carbonyl (C=O) groups excluding carboxylic acids is 2. The van der Waals surface area contributed by atoms with Gasteiger partial charge in [0.15, 0.2) is 0 Å². The van der Waals surface area contributed by atoms with Crippen molar-refractivity contribution in [1.29, 1.82) is 0 Å². The first kappa shape index (κ1) is 55.6. The Morgan fingerprint density at radius 1 is 0.448 bits per heavy atom. The fourth-order valence-corrected chi connectivity index (χ4v) is 7.54. The van der Waals surface area contributed by atoms with E-state index in [0.29, 0.717) is 12.8 Å². The number of rotatable bonds is 46. The molecule has 6 nitrogen and oxygen atoms in total. The Kier molecular flexibility index (Phi) is 45.4. The zero-order valence-electron chi connectivity index (χ0n) is 38.4. The van der Waals surface area contributed by atoms with Gasteiger partial charge in [-0.25, -0.2) is 0 Å². The number of hydrogen-bond donors (Lipinski definition) is 2. The van der Waals surface area contributed by atoms with Gasteiger partial charge >= 0.3 is 11.9 Å². The van der Waals surface area contributed by atoms with E-state index in [9.17, 15) is 14.4 Å². The molecule has 6 heteroatoms. The molecule has 1 atom stereocenters. The Bertz CT molecular complexity index is 988. The molecule has 1 amide bonds. The number of carboxylic acid groups (broad SMARTS) is 1. The maximum absolute atomic E-state index is 12.8. The lowest BCUT2D eigenvalue weighted by atomic mass is 10.0. The summed E-state index contributed by atoms with van der Waals surface area (Å²) in [4.78, 5) is 35.2. The van der Waals surface area contributed by atoms with Gasteiger partial charge in [0.25, 0.3) is 0 Å². The van der Waals surface area contributed by atoms with Gasteiger partial charge in [-0.05, 0) is 96.3 Å². The summed E-state index contributed by atoms with van der Waals surface area (Å²) in [6.07, 6.45) is 60.0. The van der Waals surface area contributed by atoms with Crippen molar-refractivity contribution in [1.82, 2.24) is 5.32 Å². The van der Waals surface area contributed by atoms with Crippen LogP contribution in [0.2, 0.25) is 0 Å². The number of nitrogens with one attached hydrogen (secondary N) is 1. The van der Waals surface area contributed by atoms with Crippen molar-refractivity contribution in [3.8, 4) is 0 Å². The van der Waals surface area contributed by atoms with Gasteiger partial charge in [-0.1, -0.05) is 192 Å². The number of unbranched alkanes of at least 4 members (excludes halogenated alkanes) is 29. The van der Waals surface area contributed by atoms with Crippen molar-refractivity contribution in [2.75, 3.05) is 6.54 Å². The van der Waals surface area contributed by atoms with E-state index < -0.39 is 5.97 Å². The summed E-state index contributed by atoms with van der Waals surface area (Å²) in [5, 5.41) is 11.1. The molecule has 0 saturated heterocycles. The first-order valence-electron chi connectivity index (χ1n) is 25.1. The molecule has 1 unspecified atom stereocenters. The number of aliphatic carboxylic acids is 1. The Labute approximate surface area is 359 Å². The summed E-state index contributed by atoms with van der Waals surface area (Å²) in [7, 11) is 0. The number of ether oxygens (including phenoxy) is 1. The molecule has 0 aromatic rings. The molecular formula is C52H95NO5. The molecule has 0 aliphatic heterocycles. The average Bonchev–Trinajstić information content (AvgIpc) is 3.21. The highest BCUT2D eigenvalue weighted by Gasteiger charge is 2.14. The Morgan fingerprint density at radius 2 is 0.793 bits per heavy atom. The second kappa shape index (κ2) is 47.3. The predicted molar refractivity (Wildman–Crippen MR) is 249 cm³/mol. The fourth-order valence-electron chi connectivity index (χ4n) is 7.54. The predicted octanol–water partition coefficient (Wildman–Crippen LogP) is 16.0. The third-order valence-electron chi connectivity index (χ3n) is 11.3. The molecule has 58 heavy (non-hydrogen) atoms. The SMILES string of the molecule is CCCCCCC/C=C\C/C=C\CCCCCC(CCCCCCCC(=O)NCC(=O)O)OC(=O)CCCCCCCCCCC/C=C\CCCCCCCCCC. The molecule has 0 rings (SSSR count). The van der Waals surface area contributed by atoms with E-state index in [1.165, 1.54) is 154 Å². The van der Waals surface area contributed by atoms with E-state index in [2.05, 4.69) is 55.6 Å². The Balaban J connectivity index is 4.13. The number of hydrogen-bond acceptors (Lipinski definition) is 4. The van der Waals surface area contributed by atoms with Gasteiger partial charge in [-0.15, -0.1) is 0 Å². The van der Waals surface area contributed by atoms with Crippen molar-refractivity contribution in [2.45, 2.75) is 270 Å². The zero-order valence-corrected chi connectivity index (χ0v) is 38.4. The number of carboxylic acids is 1. The molecule has 0 fully saturated rings. The molecule has 338 valence electrons. The standard InChI is InChI=1S/C52H95NO5/c1-3-5-7-9-11-13-15-17-19-20-21-22-23-24-26-28-30-32-34-39-43-47-52(57)58-49(45-41-37-35-38-42-46-50(54)53-48-51(55)56)44-40-36-33-31-29-27-25-18-16-14-12-10-8-6-4-2/h16,18,20-21,27,29,49H,3-15,17,19,22-26,28,30-48H2,1-2H3,(H,53,54)(H,55,56)/b18-16-,21-20-,29-27-. The van der Waals surface area contributed by atoms with E-state index in [0.717, 1.165) is 83.5 Å². The van der Waals surface area contributed by atoms with Crippen LogP contribution in [0, 0.1) is 0 Å². The van der Waals surface area contributed by atoms with Crippen LogP contribution in [0.4, 0.5) is 0 Å². The summed E-state index contributed by atoms with van der Waals surface area (Å²) < 4.78 is 6.05. The van der Waals surface area contributed by atoms with Crippen LogP contribution in [0.1, 0.15) is 264 Å². The first-order chi connectivity index (χ1) is 28.5. The van der Waals surface area contributed by atoms with Crippen LogP contribution < -0.4 is 5.32 Å². The van der Waals surface area contributed by atoms with Gasteiger partial charge < -0.3 is 15.2 Å². The van der Waals surface area contributed by atoms with Crippen molar-refractivity contribution in [3.63, 3.8) is 0 Å². The second-order valence-corrected chi connectivity index (χ2v) is 17.1. The van der Waals surface area contributed by atoms with E-state index in [4.69, 9.17) is 9.84 Å². The molecule has 2 N–H and O–H groups in total. The normalized spacial score (nSPS) is 12.3. The summed E-state index contributed by atoms with van der Waals surface area (Å²) >= 11 is 0. The van der Waals surface area contributed by atoms with Gasteiger partial charge in [-0.3, -0.25) is 14.4 Å². The van der Waals surface area contributed by atoms with Gasteiger partial charge in [0.1, 0.15) is 12.6 Å². The molecular weight excluding hydrogens is 719 g/mol. The van der Waals surface area contributed by atoms with E-state index in [-0.39, 0.29) is 24.5 Å². The monoisotopic (exact) mass is 814 g/mol. The molecule has 0 spiro atoms. The molecule has 0 radical (unpaired) electrons. The van der Waals surface area contributed by atoms with Gasteiger partial charge in [0, 0.05) is 12.8 Å². The number of esters is 1. The minimum atomic E-state index is -1.02. The van der Waals surface area contributed by atoms with E-state index in [1.807, 2.05) is 0 Å². The second-order valence-electron chi connectivity index (χ2n) is 17.1. The van der Waals surface area contributed by atoms with Gasteiger partial charge in [0.05, 0.1) is 0 Å². The Hall–Kier alpha value is -2.37. The van der Waals surface area contributed by atoms with Crippen LogP contribution in [0.25, 0.3) is 0 Å². The zero-order chi connectivity index (χ0) is 42.3. The molecule has 0 aromatic heterocycles. The summed E-state index contributed by atoms with van der Waals surface area (Å²) in [5.74, 6) is -1.24. The average molecular weight is 814 g/mol. The van der Waals surface area contributed by atoms with E-state index >= 15 is 0 Å². The highest BCUT2D eigenvalue weighted by atomic mass is 16.5. The van der Waals surface area contributed by atoms with Gasteiger partial charge in [0.2, 0.25) is 5.91 Å². The third-order valence-corrected chi connectivity index (χ3v) is 11.3. The smallest absolute Gasteiger partial charge is 0.322 e. The van der Waals surface area contributed by atoms with Crippen LogP contribution in [-0.2, 0) is 19.1 Å². The van der Waals surface area contributed by atoms with Crippen molar-refractivity contribution in [2.24, 2.45) is 0 Å². The van der Waals surface area contributed by atoms with Crippen molar-refractivity contribution in [3.05, 3.63) is 36.5 Å².